The molecule has 3 nitrogen and oxygen atoms in total. The van der Waals surface area contributed by atoms with Crippen molar-refractivity contribution >= 4 is 11.6 Å². The third-order valence-corrected chi connectivity index (χ3v) is 3.01. The van der Waals surface area contributed by atoms with Crippen LogP contribution in [0.1, 0.15) is 12.0 Å². The molecule has 0 heterocycles. The van der Waals surface area contributed by atoms with Crippen LogP contribution in [-0.2, 0) is 0 Å². The van der Waals surface area contributed by atoms with E-state index in [0.717, 1.165) is 0 Å². The first-order chi connectivity index (χ1) is 10.2. The van der Waals surface area contributed by atoms with Gasteiger partial charge in [-0.2, -0.15) is 5.26 Å². The fourth-order valence-corrected chi connectivity index (χ4v) is 1.75. The molecule has 0 saturated carbocycles. The zero-order valence-corrected chi connectivity index (χ0v) is 11.9. The summed E-state index contributed by atoms with van der Waals surface area (Å²) >= 11 is 5.58. The van der Waals surface area contributed by atoms with Crippen LogP contribution in [0.5, 0.6) is 11.5 Å². The molecule has 0 aliphatic carbocycles. The molecular formula is C16H13ClFNO2. The number of nitrogens with zero attached hydrogens (tertiary/aromatic N) is 1. The van der Waals surface area contributed by atoms with Gasteiger partial charge in [-0.05, 0) is 36.4 Å². The van der Waals surface area contributed by atoms with Gasteiger partial charge >= 0.3 is 0 Å². The number of ether oxygens (including phenoxy) is 2. The molecule has 0 spiro atoms. The van der Waals surface area contributed by atoms with E-state index < -0.39 is 5.82 Å². The van der Waals surface area contributed by atoms with Crippen LogP contribution in [0.3, 0.4) is 0 Å². The maximum atomic E-state index is 13.2. The van der Waals surface area contributed by atoms with Crippen molar-refractivity contribution in [3.8, 4) is 17.6 Å². The van der Waals surface area contributed by atoms with Crippen molar-refractivity contribution in [2.45, 2.75) is 6.42 Å². The minimum atomic E-state index is -0.497. The van der Waals surface area contributed by atoms with Gasteiger partial charge in [0.1, 0.15) is 17.3 Å². The molecule has 0 unspecified atom stereocenters. The first-order valence-corrected chi connectivity index (χ1v) is 6.77. The molecule has 0 atom stereocenters. The first-order valence-electron chi connectivity index (χ1n) is 6.40. The Bertz CT molecular complexity index is 638. The van der Waals surface area contributed by atoms with E-state index in [4.69, 9.17) is 26.3 Å². The average Bonchev–Trinajstić information content (AvgIpc) is 2.51. The highest BCUT2D eigenvalue weighted by Gasteiger charge is 2.01. The van der Waals surface area contributed by atoms with E-state index in [1.807, 2.05) is 6.07 Å². The molecule has 0 bridgehead atoms. The van der Waals surface area contributed by atoms with Gasteiger partial charge in [0.15, 0.2) is 0 Å². The Morgan fingerprint density at radius 3 is 2.24 bits per heavy atom. The van der Waals surface area contributed by atoms with Gasteiger partial charge in [0.2, 0.25) is 0 Å². The maximum Gasteiger partial charge on any atom is 0.145 e. The molecule has 0 aliphatic heterocycles. The molecule has 21 heavy (non-hydrogen) atoms. The molecule has 0 N–H and O–H groups in total. The smallest absolute Gasteiger partial charge is 0.145 e. The van der Waals surface area contributed by atoms with E-state index in [0.29, 0.717) is 36.7 Å². The van der Waals surface area contributed by atoms with Gasteiger partial charge in [-0.1, -0.05) is 11.6 Å². The van der Waals surface area contributed by atoms with Crippen molar-refractivity contribution in [3.63, 3.8) is 0 Å². The van der Waals surface area contributed by atoms with Crippen LogP contribution in [0.4, 0.5) is 4.39 Å². The minimum absolute atomic E-state index is 0.0755. The van der Waals surface area contributed by atoms with Crippen LogP contribution in [0.2, 0.25) is 5.02 Å². The fraction of sp³-hybridized carbons (Fsp3) is 0.188. The Kier molecular flexibility index (Phi) is 5.42. The second kappa shape index (κ2) is 7.51. The third kappa shape index (κ3) is 4.66. The van der Waals surface area contributed by atoms with E-state index in [2.05, 4.69) is 0 Å². The lowest BCUT2D eigenvalue weighted by Gasteiger charge is -2.08. The molecule has 2 aromatic carbocycles. The van der Waals surface area contributed by atoms with Crippen LogP contribution in [0.15, 0.2) is 42.5 Å². The van der Waals surface area contributed by atoms with Crippen LogP contribution in [0, 0.1) is 17.1 Å². The Morgan fingerprint density at radius 2 is 1.62 bits per heavy atom. The summed E-state index contributed by atoms with van der Waals surface area (Å²) in [6, 6.07) is 13.3. The summed E-state index contributed by atoms with van der Waals surface area (Å²) in [6.45, 7) is 0.888. The number of rotatable bonds is 6. The average molecular weight is 306 g/mol. The largest absolute Gasteiger partial charge is 0.493 e. The van der Waals surface area contributed by atoms with Gasteiger partial charge in [-0.3, -0.25) is 0 Å². The predicted molar refractivity (Wildman–Crippen MR) is 78.2 cm³/mol. The van der Waals surface area contributed by atoms with E-state index in [-0.39, 0.29) is 5.02 Å². The standard InChI is InChI=1S/C16H13ClFNO2/c17-15-7-6-14(10-16(15)18)21-9-1-8-20-13-4-2-12(11-19)3-5-13/h2-7,10H,1,8-9H2. The molecule has 108 valence electrons. The predicted octanol–water partition coefficient (Wildman–Crippen LogP) is 4.20. The Morgan fingerprint density at radius 1 is 1.00 bits per heavy atom. The molecular weight excluding hydrogens is 293 g/mol. The van der Waals surface area contributed by atoms with Gasteiger partial charge in [-0.15, -0.1) is 0 Å². The molecule has 2 aromatic rings. The van der Waals surface area contributed by atoms with Crippen molar-refractivity contribution in [2.24, 2.45) is 0 Å². The zero-order valence-electron chi connectivity index (χ0n) is 11.2. The fourth-order valence-electron chi connectivity index (χ4n) is 1.63. The number of halogens is 2. The van der Waals surface area contributed by atoms with Crippen molar-refractivity contribution < 1.29 is 13.9 Å². The van der Waals surface area contributed by atoms with Crippen molar-refractivity contribution in [1.29, 1.82) is 5.26 Å². The topological polar surface area (TPSA) is 42.2 Å². The zero-order chi connectivity index (χ0) is 15.1. The lowest BCUT2D eigenvalue weighted by molar-refractivity contribution is 0.247. The molecule has 0 fully saturated rings. The maximum absolute atomic E-state index is 13.2. The number of hydrogen-bond donors (Lipinski definition) is 0. The highest BCUT2D eigenvalue weighted by Crippen LogP contribution is 2.20. The van der Waals surface area contributed by atoms with Crippen molar-refractivity contribution in [2.75, 3.05) is 13.2 Å². The van der Waals surface area contributed by atoms with E-state index >= 15 is 0 Å². The number of hydrogen-bond acceptors (Lipinski definition) is 3. The lowest BCUT2D eigenvalue weighted by Crippen LogP contribution is -2.05. The quantitative estimate of drug-likeness (QED) is 0.751. The van der Waals surface area contributed by atoms with Gasteiger partial charge in [0, 0.05) is 12.5 Å². The summed E-state index contributed by atoms with van der Waals surface area (Å²) in [5.41, 5.74) is 0.593. The molecule has 0 saturated heterocycles. The van der Waals surface area contributed by atoms with Gasteiger partial charge in [0.25, 0.3) is 0 Å². The van der Waals surface area contributed by atoms with E-state index in [1.165, 1.54) is 12.1 Å². The molecule has 5 heteroatoms. The summed E-state index contributed by atoms with van der Waals surface area (Å²) in [7, 11) is 0. The van der Waals surface area contributed by atoms with Gasteiger partial charge in [0.05, 0.1) is 29.9 Å². The Balaban J connectivity index is 1.69. The van der Waals surface area contributed by atoms with Crippen LogP contribution in [0.25, 0.3) is 0 Å². The number of nitriles is 1. The third-order valence-electron chi connectivity index (χ3n) is 2.70. The molecule has 2 rings (SSSR count). The van der Waals surface area contributed by atoms with Crippen LogP contribution in [-0.4, -0.2) is 13.2 Å². The van der Waals surface area contributed by atoms with Gasteiger partial charge in [-0.25, -0.2) is 4.39 Å². The molecule has 0 aliphatic rings. The lowest BCUT2D eigenvalue weighted by atomic mass is 10.2. The second-order valence-corrected chi connectivity index (χ2v) is 4.67. The van der Waals surface area contributed by atoms with Crippen LogP contribution < -0.4 is 9.47 Å². The minimum Gasteiger partial charge on any atom is -0.493 e. The summed E-state index contributed by atoms with van der Waals surface area (Å²) in [4.78, 5) is 0. The van der Waals surface area contributed by atoms with Crippen LogP contribution >= 0.6 is 11.6 Å². The summed E-state index contributed by atoms with van der Waals surface area (Å²) in [5.74, 6) is 0.643. The highest BCUT2D eigenvalue weighted by atomic mass is 35.5. The Hall–Kier alpha value is -2.25. The van der Waals surface area contributed by atoms with Gasteiger partial charge < -0.3 is 9.47 Å². The van der Waals surface area contributed by atoms with E-state index in [1.54, 1.807) is 30.3 Å². The normalized spacial score (nSPS) is 9.95. The highest BCUT2D eigenvalue weighted by molar-refractivity contribution is 6.30. The molecule has 0 amide bonds. The van der Waals surface area contributed by atoms with E-state index in [9.17, 15) is 4.39 Å². The first kappa shape index (κ1) is 15.1. The summed E-state index contributed by atoms with van der Waals surface area (Å²) in [5, 5.41) is 8.75. The summed E-state index contributed by atoms with van der Waals surface area (Å²) < 4.78 is 24.1. The SMILES string of the molecule is N#Cc1ccc(OCCCOc2ccc(Cl)c(F)c2)cc1. The molecule has 0 radical (unpaired) electrons. The number of benzene rings is 2. The van der Waals surface area contributed by atoms with Crippen molar-refractivity contribution in [3.05, 3.63) is 58.9 Å². The molecule has 0 aromatic heterocycles. The second-order valence-electron chi connectivity index (χ2n) is 4.26. The monoisotopic (exact) mass is 305 g/mol. The summed E-state index contributed by atoms with van der Waals surface area (Å²) in [6.07, 6.45) is 0.657. The van der Waals surface area contributed by atoms with Crippen molar-refractivity contribution in [1.82, 2.24) is 0 Å². The Labute approximate surface area is 127 Å².